The number of aryl methyl sites for hydroxylation is 2. The minimum absolute atomic E-state index is 0. The SMILES string of the molecule is [Na+].[Na+].c1ccc(CCc2ccccc2)cc1. The second-order valence-electron chi connectivity index (χ2n) is 3.47. The van der Waals surface area contributed by atoms with E-state index in [2.05, 4.69) is 60.7 Å². The molecule has 0 aromatic heterocycles. The molecule has 2 aromatic rings. The monoisotopic (exact) mass is 228 g/mol. The summed E-state index contributed by atoms with van der Waals surface area (Å²) < 4.78 is 0. The molecule has 0 bridgehead atoms. The van der Waals surface area contributed by atoms with E-state index in [4.69, 9.17) is 0 Å². The van der Waals surface area contributed by atoms with Crippen LogP contribution in [-0.4, -0.2) is 0 Å². The standard InChI is InChI=1S/C14H14.2Na/c1-3-7-13(8-4-1)11-12-14-9-5-2-6-10-14;;/h1-10H,11-12H2;;/q;2*+1. The zero-order valence-electron chi connectivity index (χ0n) is 10.2. The Balaban J connectivity index is 0.00000112. The van der Waals surface area contributed by atoms with E-state index in [1.807, 2.05) is 0 Å². The van der Waals surface area contributed by atoms with Gasteiger partial charge in [-0.1, -0.05) is 60.7 Å². The summed E-state index contributed by atoms with van der Waals surface area (Å²) in [6.45, 7) is 0. The Morgan fingerprint density at radius 2 is 0.812 bits per heavy atom. The Morgan fingerprint density at radius 1 is 0.500 bits per heavy atom. The number of benzene rings is 2. The Hall–Kier alpha value is 0.440. The Morgan fingerprint density at radius 3 is 1.12 bits per heavy atom. The summed E-state index contributed by atoms with van der Waals surface area (Å²) in [5.41, 5.74) is 2.83. The van der Waals surface area contributed by atoms with Crippen molar-refractivity contribution in [2.24, 2.45) is 0 Å². The maximum absolute atomic E-state index is 2.18. The molecule has 0 saturated heterocycles. The summed E-state index contributed by atoms with van der Waals surface area (Å²) >= 11 is 0. The molecule has 0 nitrogen and oxygen atoms in total. The van der Waals surface area contributed by atoms with Gasteiger partial charge in [-0.3, -0.25) is 0 Å². The van der Waals surface area contributed by atoms with Crippen LogP contribution in [0.4, 0.5) is 0 Å². The third-order valence-corrected chi connectivity index (χ3v) is 2.39. The molecule has 0 N–H and O–H groups in total. The molecule has 0 unspecified atom stereocenters. The summed E-state index contributed by atoms with van der Waals surface area (Å²) in [6, 6.07) is 21.2. The smallest absolute Gasteiger partial charge is 0.0622 e. The largest absolute Gasteiger partial charge is 1.00 e. The first-order chi connectivity index (χ1) is 6.95. The molecule has 0 atom stereocenters. The molecular weight excluding hydrogens is 214 g/mol. The van der Waals surface area contributed by atoms with Crippen LogP contribution in [0.5, 0.6) is 0 Å². The van der Waals surface area contributed by atoms with Crippen molar-refractivity contribution in [2.45, 2.75) is 12.8 Å². The number of hydrogen-bond acceptors (Lipinski definition) is 0. The molecule has 2 heteroatoms. The van der Waals surface area contributed by atoms with Gasteiger partial charge in [-0.05, 0) is 24.0 Å². The van der Waals surface area contributed by atoms with Gasteiger partial charge in [-0.25, -0.2) is 0 Å². The van der Waals surface area contributed by atoms with Gasteiger partial charge in [-0.2, -0.15) is 0 Å². The van der Waals surface area contributed by atoms with Crippen LogP contribution in [0.2, 0.25) is 0 Å². The third kappa shape index (κ3) is 5.67. The molecule has 0 aliphatic rings. The summed E-state index contributed by atoms with van der Waals surface area (Å²) in [5, 5.41) is 0. The van der Waals surface area contributed by atoms with Crippen molar-refractivity contribution < 1.29 is 59.1 Å². The van der Waals surface area contributed by atoms with Crippen LogP contribution in [0.15, 0.2) is 60.7 Å². The minimum atomic E-state index is 0. The van der Waals surface area contributed by atoms with Crippen LogP contribution in [0.3, 0.4) is 0 Å². The predicted octanol–water partition coefficient (Wildman–Crippen LogP) is -2.52. The second kappa shape index (κ2) is 9.47. The molecule has 0 aliphatic carbocycles. The molecule has 2 rings (SSSR count). The predicted molar refractivity (Wildman–Crippen MR) is 60.3 cm³/mol. The van der Waals surface area contributed by atoms with Crippen molar-refractivity contribution >= 4 is 0 Å². The fourth-order valence-electron chi connectivity index (χ4n) is 1.58. The fourth-order valence-corrected chi connectivity index (χ4v) is 1.58. The van der Waals surface area contributed by atoms with Crippen LogP contribution in [0.1, 0.15) is 11.1 Å². The quantitative estimate of drug-likeness (QED) is 0.509. The molecular formula is C14H14Na2+2. The normalized spacial score (nSPS) is 8.75. The van der Waals surface area contributed by atoms with Gasteiger partial charge in [0.25, 0.3) is 0 Å². The van der Waals surface area contributed by atoms with E-state index in [9.17, 15) is 0 Å². The van der Waals surface area contributed by atoms with Crippen LogP contribution >= 0.6 is 0 Å². The fraction of sp³-hybridized carbons (Fsp3) is 0.143. The van der Waals surface area contributed by atoms with Gasteiger partial charge in [0.05, 0.1) is 0 Å². The van der Waals surface area contributed by atoms with E-state index in [1.54, 1.807) is 0 Å². The summed E-state index contributed by atoms with van der Waals surface area (Å²) in [5.74, 6) is 0. The Labute approximate surface area is 142 Å². The first kappa shape index (κ1) is 16.4. The van der Waals surface area contributed by atoms with Crippen molar-refractivity contribution in [3.05, 3.63) is 71.8 Å². The van der Waals surface area contributed by atoms with Crippen LogP contribution in [0.25, 0.3) is 0 Å². The maximum atomic E-state index is 2.18. The van der Waals surface area contributed by atoms with E-state index in [-0.39, 0.29) is 59.1 Å². The summed E-state index contributed by atoms with van der Waals surface area (Å²) in [6.07, 6.45) is 2.26. The topological polar surface area (TPSA) is 0 Å². The minimum Gasteiger partial charge on any atom is -0.0622 e. The summed E-state index contributed by atoms with van der Waals surface area (Å²) in [4.78, 5) is 0. The van der Waals surface area contributed by atoms with E-state index < -0.39 is 0 Å². The molecule has 0 spiro atoms. The first-order valence-corrected chi connectivity index (χ1v) is 5.03. The van der Waals surface area contributed by atoms with Crippen LogP contribution in [0, 0.1) is 0 Å². The van der Waals surface area contributed by atoms with E-state index in [0.29, 0.717) is 0 Å². The van der Waals surface area contributed by atoms with Crippen LogP contribution < -0.4 is 59.1 Å². The first-order valence-electron chi connectivity index (χ1n) is 5.03. The summed E-state index contributed by atoms with van der Waals surface area (Å²) in [7, 11) is 0. The van der Waals surface area contributed by atoms with Crippen molar-refractivity contribution in [3.8, 4) is 0 Å². The van der Waals surface area contributed by atoms with Gasteiger partial charge in [0.2, 0.25) is 0 Å². The van der Waals surface area contributed by atoms with Gasteiger partial charge < -0.3 is 0 Å². The maximum Gasteiger partial charge on any atom is 1.00 e. The average molecular weight is 228 g/mol. The van der Waals surface area contributed by atoms with Crippen molar-refractivity contribution in [3.63, 3.8) is 0 Å². The van der Waals surface area contributed by atoms with E-state index in [1.165, 1.54) is 11.1 Å². The Bertz CT molecular complexity index is 331. The molecule has 2 aromatic carbocycles. The second-order valence-corrected chi connectivity index (χ2v) is 3.47. The zero-order valence-corrected chi connectivity index (χ0v) is 14.2. The van der Waals surface area contributed by atoms with Crippen LogP contribution in [-0.2, 0) is 12.8 Å². The molecule has 70 valence electrons. The van der Waals surface area contributed by atoms with Crippen molar-refractivity contribution in [1.82, 2.24) is 0 Å². The molecule has 16 heavy (non-hydrogen) atoms. The third-order valence-electron chi connectivity index (χ3n) is 2.39. The van der Waals surface area contributed by atoms with Gasteiger partial charge >= 0.3 is 59.1 Å². The average Bonchev–Trinajstić information content (AvgIpc) is 2.29. The van der Waals surface area contributed by atoms with Gasteiger partial charge in [-0.15, -0.1) is 0 Å². The zero-order chi connectivity index (χ0) is 9.64. The Kier molecular flexibility index (Phi) is 9.73. The molecule has 0 amide bonds. The van der Waals surface area contributed by atoms with Crippen molar-refractivity contribution in [2.75, 3.05) is 0 Å². The molecule has 0 radical (unpaired) electrons. The van der Waals surface area contributed by atoms with Crippen molar-refractivity contribution in [1.29, 1.82) is 0 Å². The molecule has 0 heterocycles. The number of hydrogen-bond donors (Lipinski definition) is 0. The van der Waals surface area contributed by atoms with E-state index in [0.717, 1.165) is 12.8 Å². The number of rotatable bonds is 3. The molecule has 0 fully saturated rings. The van der Waals surface area contributed by atoms with Gasteiger partial charge in [0.15, 0.2) is 0 Å². The molecule has 0 aliphatic heterocycles. The van der Waals surface area contributed by atoms with Gasteiger partial charge in [0, 0.05) is 0 Å². The van der Waals surface area contributed by atoms with Gasteiger partial charge in [0.1, 0.15) is 0 Å². The van der Waals surface area contributed by atoms with E-state index >= 15 is 0 Å². The molecule has 0 saturated carbocycles.